The molecule has 142 valence electrons. The molecule has 1 aliphatic rings. The third-order valence-corrected chi connectivity index (χ3v) is 6.80. The molecule has 0 N–H and O–H groups in total. The second kappa shape index (κ2) is 7.13. The summed E-state index contributed by atoms with van der Waals surface area (Å²) in [5.41, 5.74) is 2.64. The summed E-state index contributed by atoms with van der Waals surface area (Å²) in [7, 11) is 3.69. The van der Waals surface area contributed by atoms with Crippen LogP contribution in [-0.4, -0.2) is 51.8 Å². The lowest BCUT2D eigenvalue weighted by Gasteiger charge is -2.36. The van der Waals surface area contributed by atoms with Gasteiger partial charge in [0.25, 0.3) is 5.91 Å². The van der Waals surface area contributed by atoms with E-state index in [1.807, 2.05) is 31.1 Å². The first-order chi connectivity index (χ1) is 12.9. The number of rotatable bonds is 3. The Bertz CT molecular complexity index is 950. The molecule has 0 bridgehead atoms. The van der Waals surface area contributed by atoms with Gasteiger partial charge in [-0.25, -0.2) is 4.98 Å². The summed E-state index contributed by atoms with van der Waals surface area (Å²) in [5.74, 6) is -0.0172. The van der Waals surface area contributed by atoms with Gasteiger partial charge in [-0.2, -0.15) is 5.10 Å². The van der Waals surface area contributed by atoms with Crippen LogP contribution < -0.4 is 4.90 Å². The fourth-order valence-electron chi connectivity index (χ4n) is 3.55. The fraction of sp³-hybridized carbons (Fsp3) is 0.421. The Labute approximate surface area is 167 Å². The normalized spacial score (nSPS) is 15.5. The molecule has 0 aliphatic carbocycles. The Balaban J connectivity index is 1.45. The quantitative estimate of drug-likeness (QED) is 0.668. The minimum Gasteiger partial charge on any atom is -0.348 e. The van der Waals surface area contributed by atoms with E-state index in [1.54, 1.807) is 28.3 Å². The molecule has 27 heavy (non-hydrogen) atoms. The smallest absolute Gasteiger partial charge is 0.274 e. The number of fused-ring (bicyclic) bond motifs is 1. The first-order valence-electron chi connectivity index (χ1n) is 9.01. The predicted molar refractivity (Wildman–Crippen MR) is 110 cm³/mol. The Kier molecular flexibility index (Phi) is 4.82. The van der Waals surface area contributed by atoms with Crippen LogP contribution in [0.25, 0.3) is 10.2 Å². The number of benzene rings is 1. The number of aromatic nitrogens is 3. The number of piperidine rings is 1. The van der Waals surface area contributed by atoms with Gasteiger partial charge in [0.05, 0.1) is 15.2 Å². The second-order valence-corrected chi connectivity index (χ2v) is 8.43. The van der Waals surface area contributed by atoms with Crippen molar-refractivity contribution < 1.29 is 4.79 Å². The van der Waals surface area contributed by atoms with Crippen LogP contribution in [0.4, 0.5) is 5.13 Å². The lowest BCUT2D eigenvalue weighted by Crippen LogP contribution is -2.45. The number of carbonyl (C=O) groups is 1. The molecule has 2 aromatic heterocycles. The molecule has 3 heterocycles. The number of hydrogen-bond donors (Lipinski definition) is 0. The number of aryl methyl sites for hydroxylation is 2. The van der Waals surface area contributed by atoms with E-state index < -0.39 is 0 Å². The topological polar surface area (TPSA) is 54.3 Å². The zero-order valence-corrected chi connectivity index (χ0v) is 17.2. The zero-order valence-electron chi connectivity index (χ0n) is 15.6. The van der Waals surface area contributed by atoms with Crippen molar-refractivity contribution in [2.45, 2.75) is 25.8 Å². The summed E-state index contributed by atoms with van der Waals surface area (Å²) in [6, 6.07) is 5.93. The highest BCUT2D eigenvalue weighted by atomic mass is 35.5. The van der Waals surface area contributed by atoms with Crippen molar-refractivity contribution in [1.29, 1.82) is 0 Å². The average Bonchev–Trinajstić information content (AvgIpc) is 3.31. The van der Waals surface area contributed by atoms with Gasteiger partial charge >= 0.3 is 0 Å². The molecular formula is C19H22ClN5OS. The Morgan fingerprint density at radius 2 is 2.04 bits per heavy atom. The molecule has 6 nitrogen and oxygen atoms in total. The number of carbonyl (C=O) groups excluding carboxylic acids is 1. The van der Waals surface area contributed by atoms with Crippen molar-refractivity contribution in [2.75, 3.05) is 25.0 Å². The Hall–Kier alpha value is -2.12. The summed E-state index contributed by atoms with van der Waals surface area (Å²) in [6.07, 6.45) is 3.62. The average molecular weight is 404 g/mol. The zero-order chi connectivity index (χ0) is 19.1. The van der Waals surface area contributed by atoms with Crippen LogP contribution in [0.2, 0.25) is 5.02 Å². The minimum atomic E-state index is -0.0172. The van der Waals surface area contributed by atoms with Crippen LogP contribution in [0, 0.1) is 6.92 Å². The Morgan fingerprint density at radius 3 is 2.67 bits per heavy atom. The molecule has 4 rings (SSSR count). The van der Waals surface area contributed by atoms with Crippen LogP contribution in [-0.2, 0) is 7.05 Å². The van der Waals surface area contributed by atoms with Gasteiger partial charge in [-0.3, -0.25) is 9.48 Å². The molecule has 1 aromatic carbocycles. The molecule has 1 fully saturated rings. The van der Waals surface area contributed by atoms with E-state index in [4.69, 9.17) is 16.6 Å². The van der Waals surface area contributed by atoms with Crippen LogP contribution in [0.1, 0.15) is 28.9 Å². The van der Waals surface area contributed by atoms with Crippen molar-refractivity contribution in [3.8, 4) is 0 Å². The molecule has 0 atom stereocenters. The lowest BCUT2D eigenvalue weighted by molar-refractivity contribution is 0.0702. The monoisotopic (exact) mass is 403 g/mol. The first-order valence-corrected chi connectivity index (χ1v) is 10.2. The molecule has 0 radical (unpaired) electrons. The molecule has 0 saturated carbocycles. The van der Waals surface area contributed by atoms with E-state index in [0.29, 0.717) is 5.69 Å². The van der Waals surface area contributed by atoms with Crippen LogP contribution in [0.15, 0.2) is 24.4 Å². The summed E-state index contributed by atoms with van der Waals surface area (Å²) in [4.78, 5) is 21.6. The van der Waals surface area contributed by atoms with Gasteiger partial charge in [0.2, 0.25) is 0 Å². The molecule has 1 aliphatic heterocycles. The van der Waals surface area contributed by atoms with Crippen molar-refractivity contribution >= 4 is 44.2 Å². The maximum absolute atomic E-state index is 12.6. The van der Waals surface area contributed by atoms with E-state index in [1.165, 1.54) is 0 Å². The standard InChI is InChI=1S/C19H22ClN5OS/c1-12-4-5-14(20)17-16(12)21-19(27-17)25-10-6-13(7-11-25)24(3)18(26)15-8-9-23(2)22-15/h4-5,8-9,13H,6-7,10-11H2,1-3H3. The van der Waals surface area contributed by atoms with E-state index in [2.05, 4.69) is 16.9 Å². The summed E-state index contributed by atoms with van der Waals surface area (Å²) < 4.78 is 2.71. The Morgan fingerprint density at radius 1 is 1.30 bits per heavy atom. The van der Waals surface area contributed by atoms with Gasteiger partial charge in [0.15, 0.2) is 5.13 Å². The van der Waals surface area contributed by atoms with Crippen molar-refractivity contribution in [1.82, 2.24) is 19.7 Å². The second-order valence-electron chi connectivity index (χ2n) is 7.05. The van der Waals surface area contributed by atoms with Crippen molar-refractivity contribution in [3.63, 3.8) is 0 Å². The van der Waals surface area contributed by atoms with Crippen LogP contribution >= 0.6 is 22.9 Å². The number of nitrogens with zero attached hydrogens (tertiary/aromatic N) is 5. The molecule has 0 unspecified atom stereocenters. The van der Waals surface area contributed by atoms with Crippen LogP contribution in [0.3, 0.4) is 0 Å². The van der Waals surface area contributed by atoms with Gasteiger partial charge in [0, 0.05) is 39.4 Å². The lowest BCUT2D eigenvalue weighted by atomic mass is 10.0. The highest BCUT2D eigenvalue weighted by Crippen LogP contribution is 2.36. The van der Waals surface area contributed by atoms with Gasteiger partial charge in [-0.1, -0.05) is 29.0 Å². The maximum atomic E-state index is 12.6. The van der Waals surface area contributed by atoms with Gasteiger partial charge in [0.1, 0.15) is 5.69 Å². The number of thiazole rings is 1. The van der Waals surface area contributed by atoms with E-state index in [0.717, 1.165) is 51.9 Å². The SMILES string of the molecule is Cc1ccc(Cl)c2sc(N3CCC(N(C)C(=O)c4ccn(C)n4)CC3)nc12. The van der Waals surface area contributed by atoms with E-state index in [9.17, 15) is 4.79 Å². The maximum Gasteiger partial charge on any atom is 0.274 e. The van der Waals surface area contributed by atoms with Gasteiger partial charge in [-0.05, 0) is 37.5 Å². The van der Waals surface area contributed by atoms with E-state index in [-0.39, 0.29) is 11.9 Å². The number of amides is 1. The molecule has 1 amide bonds. The van der Waals surface area contributed by atoms with Gasteiger partial charge < -0.3 is 9.80 Å². The largest absolute Gasteiger partial charge is 0.348 e. The fourth-order valence-corrected chi connectivity index (χ4v) is 4.91. The minimum absolute atomic E-state index is 0.0172. The predicted octanol–water partition coefficient (Wildman–Crippen LogP) is 3.73. The molecule has 8 heteroatoms. The van der Waals surface area contributed by atoms with E-state index >= 15 is 0 Å². The third-order valence-electron chi connectivity index (χ3n) is 5.22. The molecule has 1 saturated heterocycles. The third kappa shape index (κ3) is 3.41. The molecule has 0 spiro atoms. The number of anilines is 1. The molecular weight excluding hydrogens is 382 g/mol. The summed E-state index contributed by atoms with van der Waals surface area (Å²) in [6.45, 7) is 3.81. The van der Waals surface area contributed by atoms with Gasteiger partial charge in [-0.15, -0.1) is 0 Å². The highest BCUT2D eigenvalue weighted by Gasteiger charge is 2.28. The summed E-state index contributed by atoms with van der Waals surface area (Å²) in [5, 5.41) is 6.00. The highest BCUT2D eigenvalue weighted by molar-refractivity contribution is 7.22. The first kappa shape index (κ1) is 18.3. The molecule has 3 aromatic rings. The van der Waals surface area contributed by atoms with Crippen molar-refractivity contribution in [3.05, 3.63) is 40.7 Å². The van der Waals surface area contributed by atoms with Crippen molar-refractivity contribution in [2.24, 2.45) is 7.05 Å². The number of hydrogen-bond acceptors (Lipinski definition) is 5. The number of halogens is 1. The van der Waals surface area contributed by atoms with Crippen LogP contribution in [0.5, 0.6) is 0 Å². The summed E-state index contributed by atoms with van der Waals surface area (Å²) >= 11 is 7.99.